The highest BCUT2D eigenvalue weighted by atomic mass is 16.5. The Morgan fingerprint density at radius 2 is 2.40 bits per heavy atom. The van der Waals surface area contributed by atoms with Gasteiger partial charge in [0.1, 0.15) is 0 Å². The summed E-state index contributed by atoms with van der Waals surface area (Å²) < 4.78 is 5.47. The second kappa shape index (κ2) is 3.65. The van der Waals surface area contributed by atoms with E-state index in [1.54, 1.807) is 0 Å². The first-order chi connectivity index (χ1) is 4.86. The molecular weight excluding hydrogens is 124 g/mol. The Morgan fingerprint density at radius 3 is 2.80 bits per heavy atom. The Bertz CT molecular complexity index is 127. The van der Waals surface area contributed by atoms with Gasteiger partial charge in [0.25, 0.3) is 0 Å². The van der Waals surface area contributed by atoms with Crippen LogP contribution in [0.4, 0.5) is 0 Å². The highest BCUT2D eigenvalue weighted by molar-refractivity contribution is 5.00. The summed E-state index contributed by atoms with van der Waals surface area (Å²) in [5.41, 5.74) is 1.46. The fraction of sp³-hybridized carbons (Fsp3) is 0.778. The van der Waals surface area contributed by atoms with Crippen LogP contribution >= 0.6 is 0 Å². The average Bonchev–Trinajstić information content (AvgIpc) is 2.05. The molecule has 0 aromatic carbocycles. The number of hydrogen-bond donors (Lipinski definition) is 0. The standard InChI is InChI=1S/C9H16O/c1-3-8-5-6-9(4-2)10-7-8/h7,9H,3-6H2,1-2H3. The molecular formula is C9H16O. The van der Waals surface area contributed by atoms with Gasteiger partial charge in [0.2, 0.25) is 0 Å². The molecule has 0 bridgehead atoms. The number of hydrogen-bond acceptors (Lipinski definition) is 1. The molecule has 1 aliphatic heterocycles. The molecule has 1 atom stereocenters. The van der Waals surface area contributed by atoms with Crippen molar-refractivity contribution in [3.05, 3.63) is 11.8 Å². The van der Waals surface area contributed by atoms with Crippen LogP contribution in [0.25, 0.3) is 0 Å². The van der Waals surface area contributed by atoms with E-state index in [0.717, 1.165) is 12.8 Å². The van der Waals surface area contributed by atoms with Crippen molar-refractivity contribution in [2.24, 2.45) is 0 Å². The molecule has 0 saturated carbocycles. The maximum absolute atomic E-state index is 5.47. The smallest absolute Gasteiger partial charge is 0.0978 e. The van der Waals surface area contributed by atoms with Crippen LogP contribution in [0.15, 0.2) is 11.8 Å². The van der Waals surface area contributed by atoms with Crippen molar-refractivity contribution in [3.8, 4) is 0 Å². The molecule has 1 heterocycles. The van der Waals surface area contributed by atoms with E-state index in [2.05, 4.69) is 13.8 Å². The van der Waals surface area contributed by atoms with Gasteiger partial charge >= 0.3 is 0 Å². The van der Waals surface area contributed by atoms with Gasteiger partial charge in [-0.1, -0.05) is 13.8 Å². The van der Waals surface area contributed by atoms with Crippen molar-refractivity contribution in [3.63, 3.8) is 0 Å². The van der Waals surface area contributed by atoms with Gasteiger partial charge in [0.05, 0.1) is 12.4 Å². The molecule has 0 aromatic heterocycles. The molecule has 0 N–H and O–H groups in total. The third kappa shape index (κ3) is 1.76. The predicted molar refractivity (Wildman–Crippen MR) is 42.8 cm³/mol. The van der Waals surface area contributed by atoms with Gasteiger partial charge in [0.15, 0.2) is 0 Å². The van der Waals surface area contributed by atoms with E-state index >= 15 is 0 Å². The van der Waals surface area contributed by atoms with Crippen molar-refractivity contribution in [2.75, 3.05) is 0 Å². The molecule has 1 aliphatic rings. The van der Waals surface area contributed by atoms with Crippen molar-refractivity contribution < 1.29 is 4.74 Å². The molecule has 0 radical (unpaired) electrons. The zero-order valence-electron chi connectivity index (χ0n) is 6.89. The van der Waals surface area contributed by atoms with Gasteiger partial charge in [-0.2, -0.15) is 0 Å². The molecule has 1 nitrogen and oxygen atoms in total. The van der Waals surface area contributed by atoms with Gasteiger partial charge in [-0.3, -0.25) is 0 Å². The lowest BCUT2D eigenvalue weighted by atomic mass is 10.0. The van der Waals surface area contributed by atoms with E-state index < -0.39 is 0 Å². The molecule has 1 heteroatoms. The van der Waals surface area contributed by atoms with Crippen LogP contribution in [0.2, 0.25) is 0 Å². The summed E-state index contributed by atoms with van der Waals surface area (Å²) in [6, 6.07) is 0. The van der Waals surface area contributed by atoms with Gasteiger partial charge < -0.3 is 4.74 Å². The minimum absolute atomic E-state index is 0.496. The SMILES string of the molecule is CCC1=COC(CC)CC1. The van der Waals surface area contributed by atoms with Gasteiger partial charge in [-0.05, 0) is 31.3 Å². The van der Waals surface area contributed by atoms with Crippen LogP contribution in [0, 0.1) is 0 Å². The zero-order chi connectivity index (χ0) is 7.40. The molecule has 0 spiro atoms. The highest BCUT2D eigenvalue weighted by Crippen LogP contribution is 2.20. The lowest BCUT2D eigenvalue weighted by Crippen LogP contribution is -2.12. The molecule has 10 heavy (non-hydrogen) atoms. The van der Waals surface area contributed by atoms with E-state index in [4.69, 9.17) is 4.74 Å². The van der Waals surface area contributed by atoms with E-state index in [1.807, 2.05) is 6.26 Å². The zero-order valence-corrected chi connectivity index (χ0v) is 6.89. The van der Waals surface area contributed by atoms with Crippen molar-refractivity contribution in [1.82, 2.24) is 0 Å². The number of rotatable bonds is 2. The van der Waals surface area contributed by atoms with Gasteiger partial charge in [-0.25, -0.2) is 0 Å². The van der Waals surface area contributed by atoms with Crippen LogP contribution in [-0.4, -0.2) is 6.10 Å². The Balaban J connectivity index is 2.36. The lowest BCUT2D eigenvalue weighted by Gasteiger charge is -2.21. The summed E-state index contributed by atoms with van der Waals surface area (Å²) in [5.74, 6) is 0. The van der Waals surface area contributed by atoms with E-state index in [9.17, 15) is 0 Å². The normalized spacial score (nSPS) is 25.4. The summed E-state index contributed by atoms with van der Waals surface area (Å²) in [5, 5.41) is 0. The quantitative estimate of drug-likeness (QED) is 0.573. The summed E-state index contributed by atoms with van der Waals surface area (Å²) in [4.78, 5) is 0. The number of allylic oxidation sites excluding steroid dienone is 1. The molecule has 0 aliphatic carbocycles. The molecule has 0 saturated heterocycles. The van der Waals surface area contributed by atoms with E-state index in [-0.39, 0.29) is 0 Å². The first-order valence-electron chi connectivity index (χ1n) is 4.20. The third-order valence-corrected chi connectivity index (χ3v) is 2.12. The first-order valence-corrected chi connectivity index (χ1v) is 4.20. The Labute approximate surface area is 63.1 Å². The Kier molecular flexibility index (Phi) is 2.79. The van der Waals surface area contributed by atoms with Crippen LogP contribution in [0.5, 0.6) is 0 Å². The fourth-order valence-corrected chi connectivity index (χ4v) is 1.23. The molecule has 1 rings (SSSR count). The summed E-state index contributed by atoms with van der Waals surface area (Å²) in [7, 11) is 0. The van der Waals surface area contributed by atoms with E-state index in [0.29, 0.717) is 6.10 Å². The summed E-state index contributed by atoms with van der Waals surface area (Å²) in [6.07, 6.45) is 7.21. The van der Waals surface area contributed by atoms with Crippen molar-refractivity contribution in [2.45, 2.75) is 45.6 Å². The van der Waals surface area contributed by atoms with E-state index in [1.165, 1.54) is 18.4 Å². The Hall–Kier alpha value is -0.460. The van der Waals surface area contributed by atoms with Gasteiger partial charge in [0, 0.05) is 0 Å². The monoisotopic (exact) mass is 140 g/mol. The predicted octanol–water partition coefficient (Wildman–Crippen LogP) is 2.87. The van der Waals surface area contributed by atoms with Crippen LogP contribution in [0.1, 0.15) is 39.5 Å². The minimum atomic E-state index is 0.496. The summed E-state index contributed by atoms with van der Waals surface area (Å²) in [6.45, 7) is 4.36. The molecule has 0 amide bonds. The largest absolute Gasteiger partial charge is 0.498 e. The second-order valence-electron chi connectivity index (χ2n) is 2.83. The molecule has 58 valence electrons. The number of ether oxygens (including phenoxy) is 1. The maximum Gasteiger partial charge on any atom is 0.0978 e. The summed E-state index contributed by atoms with van der Waals surface area (Å²) >= 11 is 0. The minimum Gasteiger partial charge on any atom is -0.498 e. The maximum atomic E-state index is 5.47. The molecule has 1 unspecified atom stereocenters. The highest BCUT2D eigenvalue weighted by Gasteiger charge is 2.11. The van der Waals surface area contributed by atoms with Crippen molar-refractivity contribution in [1.29, 1.82) is 0 Å². The average molecular weight is 140 g/mol. The van der Waals surface area contributed by atoms with Crippen molar-refractivity contribution >= 4 is 0 Å². The third-order valence-electron chi connectivity index (χ3n) is 2.12. The first kappa shape index (κ1) is 7.64. The Morgan fingerprint density at radius 1 is 1.60 bits per heavy atom. The second-order valence-corrected chi connectivity index (χ2v) is 2.83. The van der Waals surface area contributed by atoms with Crippen LogP contribution in [0.3, 0.4) is 0 Å². The topological polar surface area (TPSA) is 9.23 Å². The van der Waals surface area contributed by atoms with Gasteiger partial charge in [-0.15, -0.1) is 0 Å². The molecule has 0 aromatic rings. The van der Waals surface area contributed by atoms with Crippen LogP contribution in [-0.2, 0) is 4.74 Å². The molecule has 0 fully saturated rings. The van der Waals surface area contributed by atoms with Crippen LogP contribution < -0.4 is 0 Å². The lowest BCUT2D eigenvalue weighted by molar-refractivity contribution is 0.115. The fourth-order valence-electron chi connectivity index (χ4n) is 1.23.